The van der Waals surface area contributed by atoms with Crippen LogP contribution in [0.25, 0.3) is 0 Å². The van der Waals surface area contributed by atoms with Crippen LogP contribution >= 0.6 is 0 Å². The average Bonchev–Trinajstić information content (AvgIpc) is 2.39. The standard InChI is InChI=1S/C14H18FNO/c15-13-4-2-1-3-12(13)10-17-14-9-16-7-5-11(14)6-8-16/h1-4,11,14H,5-10H2. The largest absolute Gasteiger partial charge is 0.372 e. The number of nitrogens with zero attached hydrogens (tertiary/aromatic N) is 1. The summed E-state index contributed by atoms with van der Waals surface area (Å²) in [6, 6.07) is 6.87. The molecular formula is C14H18FNO. The second-order valence-corrected chi connectivity index (χ2v) is 5.08. The predicted molar refractivity (Wildman–Crippen MR) is 64.1 cm³/mol. The lowest BCUT2D eigenvalue weighted by Gasteiger charge is -2.44. The third-order valence-corrected chi connectivity index (χ3v) is 4.01. The Morgan fingerprint density at radius 3 is 2.65 bits per heavy atom. The van der Waals surface area contributed by atoms with Crippen molar-refractivity contribution in [2.24, 2.45) is 5.92 Å². The molecule has 3 heteroatoms. The maximum atomic E-state index is 13.4. The van der Waals surface area contributed by atoms with Gasteiger partial charge >= 0.3 is 0 Å². The Bertz CT molecular complexity index is 388. The Morgan fingerprint density at radius 1 is 1.24 bits per heavy atom. The Balaban J connectivity index is 1.60. The highest BCUT2D eigenvalue weighted by Crippen LogP contribution is 2.30. The highest BCUT2D eigenvalue weighted by Gasteiger charge is 2.34. The second kappa shape index (κ2) is 4.75. The molecule has 3 aliphatic heterocycles. The van der Waals surface area contributed by atoms with Gasteiger partial charge in [-0.2, -0.15) is 0 Å². The summed E-state index contributed by atoms with van der Waals surface area (Å²) in [6.07, 6.45) is 2.78. The van der Waals surface area contributed by atoms with E-state index in [0.29, 0.717) is 24.2 Å². The summed E-state index contributed by atoms with van der Waals surface area (Å²) in [5.41, 5.74) is 0.670. The van der Waals surface area contributed by atoms with Crippen LogP contribution < -0.4 is 0 Å². The van der Waals surface area contributed by atoms with Crippen LogP contribution in [0.4, 0.5) is 4.39 Å². The van der Waals surface area contributed by atoms with Gasteiger partial charge in [0, 0.05) is 12.1 Å². The molecule has 4 rings (SSSR count). The number of rotatable bonds is 3. The fourth-order valence-corrected chi connectivity index (χ4v) is 2.91. The molecule has 1 unspecified atom stereocenters. The van der Waals surface area contributed by atoms with Gasteiger partial charge in [-0.25, -0.2) is 4.39 Å². The summed E-state index contributed by atoms with van der Waals surface area (Å²) in [6.45, 7) is 3.86. The van der Waals surface area contributed by atoms with Crippen molar-refractivity contribution in [3.05, 3.63) is 35.6 Å². The molecule has 2 bridgehead atoms. The van der Waals surface area contributed by atoms with E-state index in [2.05, 4.69) is 4.90 Å². The zero-order valence-corrected chi connectivity index (χ0v) is 9.94. The lowest BCUT2D eigenvalue weighted by Crippen LogP contribution is -2.51. The van der Waals surface area contributed by atoms with Gasteiger partial charge < -0.3 is 9.64 Å². The zero-order chi connectivity index (χ0) is 11.7. The number of halogens is 1. The molecular weight excluding hydrogens is 217 g/mol. The van der Waals surface area contributed by atoms with Crippen LogP contribution in [0.15, 0.2) is 24.3 Å². The van der Waals surface area contributed by atoms with Crippen molar-refractivity contribution in [2.75, 3.05) is 19.6 Å². The molecule has 1 atom stereocenters. The van der Waals surface area contributed by atoms with Crippen molar-refractivity contribution in [1.29, 1.82) is 0 Å². The van der Waals surface area contributed by atoms with E-state index in [1.165, 1.54) is 32.0 Å². The summed E-state index contributed by atoms with van der Waals surface area (Å²) in [5.74, 6) is 0.528. The molecule has 3 aliphatic rings. The van der Waals surface area contributed by atoms with Crippen LogP contribution in [0.2, 0.25) is 0 Å². The molecule has 3 saturated heterocycles. The van der Waals surface area contributed by atoms with Gasteiger partial charge in [0.15, 0.2) is 0 Å². The molecule has 0 aliphatic carbocycles. The molecule has 0 saturated carbocycles. The van der Waals surface area contributed by atoms with E-state index in [-0.39, 0.29) is 5.82 Å². The van der Waals surface area contributed by atoms with Crippen molar-refractivity contribution in [3.8, 4) is 0 Å². The molecule has 0 radical (unpaired) electrons. The third kappa shape index (κ3) is 2.35. The smallest absolute Gasteiger partial charge is 0.128 e. The summed E-state index contributed by atoms with van der Waals surface area (Å²) >= 11 is 0. The van der Waals surface area contributed by atoms with Gasteiger partial charge in [-0.3, -0.25) is 0 Å². The van der Waals surface area contributed by atoms with Crippen LogP contribution in [0.5, 0.6) is 0 Å². The van der Waals surface area contributed by atoms with E-state index in [1.54, 1.807) is 12.1 Å². The molecule has 3 fully saturated rings. The Hall–Kier alpha value is -0.930. The number of hydrogen-bond donors (Lipinski definition) is 0. The first-order valence-electron chi connectivity index (χ1n) is 6.40. The van der Waals surface area contributed by atoms with Gasteiger partial charge in [0.05, 0.1) is 12.7 Å². The van der Waals surface area contributed by atoms with Gasteiger partial charge in [0.25, 0.3) is 0 Å². The first kappa shape index (κ1) is 11.2. The SMILES string of the molecule is Fc1ccccc1COC1CN2CCC1CC2. The maximum absolute atomic E-state index is 13.4. The molecule has 3 heterocycles. The number of piperidine rings is 3. The van der Waals surface area contributed by atoms with Gasteiger partial charge in [0.2, 0.25) is 0 Å². The zero-order valence-electron chi connectivity index (χ0n) is 9.94. The highest BCUT2D eigenvalue weighted by molar-refractivity contribution is 5.16. The van der Waals surface area contributed by atoms with Crippen LogP contribution in [-0.4, -0.2) is 30.6 Å². The number of fused-ring (bicyclic) bond motifs is 3. The Morgan fingerprint density at radius 2 is 2.00 bits per heavy atom. The summed E-state index contributed by atoms with van der Waals surface area (Å²) in [4.78, 5) is 2.45. The summed E-state index contributed by atoms with van der Waals surface area (Å²) < 4.78 is 19.3. The van der Waals surface area contributed by atoms with Crippen LogP contribution in [0.1, 0.15) is 18.4 Å². The molecule has 0 N–H and O–H groups in total. The fourth-order valence-electron chi connectivity index (χ4n) is 2.91. The average molecular weight is 235 g/mol. The van der Waals surface area contributed by atoms with Crippen molar-refractivity contribution < 1.29 is 9.13 Å². The monoisotopic (exact) mass is 235 g/mol. The topological polar surface area (TPSA) is 12.5 Å². The predicted octanol–water partition coefficient (Wildman–Crippen LogP) is 2.44. The number of ether oxygens (including phenoxy) is 1. The van der Waals surface area contributed by atoms with Gasteiger partial charge in [-0.15, -0.1) is 0 Å². The van der Waals surface area contributed by atoms with Crippen molar-refractivity contribution in [2.45, 2.75) is 25.6 Å². The molecule has 92 valence electrons. The minimum atomic E-state index is -0.159. The third-order valence-electron chi connectivity index (χ3n) is 4.01. The Kier molecular flexibility index (Phi) is 3.12. The van der Waals surface area contributed by atoms with E-state index >= 15 is 0 Å². The Labute approximate surface area is 101 Å². The molecule has 0 amide bonds. The first-order chi connectivity index (χ1) is 8.33. The van der Waals surface area contributed by atoms with Crippen LogP contribution in [-0.2, 0) is 11.3 Å². The van der Waals surface area contributed by atoms with E-state index in [4.69, 9.17) is 4.74 Å². The van der Waals surface area contributed by atoms with E-state index < -0.39 is 0 Å². The lowest BCUT2D eigenvalue weighted by molar-refractivity contribution is -0.0771. The minimum absolute atomic E-state index is 0.159. The fraction of sp³-hybridized carbons (Fsp3) is 0.571. The highest BCUT2D eigenvalue weighted by atomic mass is 19.1. The van der Waals surface area contributed by atoms with Crippen molar-refractivity contribution in [3.63, 3.8) is 0 Å². The molecule has 1 aromatic carbocycles. The molecule has 0 aromatic heterocycles. The van der Waals surface area contributed by atoms with Crippen LogP contribution in [0, 0.1) is 11.7 Å². The van der Waals surface area contributed by atoms with Crippen molar-refractivity contribution >= 4 is 0 Å². The van der Waals surface area contributed by atoms with Crippen molar-refractivity contribution in [1.82, 2.24) is 4.90 Å². The number of benzene rings is 1. The first-order valence-corrected chi connectivity index (χ1v) is 6.40. The summed E-state index contributed by atoms with van der Waals surface area (Å²) in [5, 5.41) is 0. The van der Waals surface area contributed by atoms with E-state index in [0.717, 1.165) is 6.54 Å². The van der Waals surface area contributed by atoms with Gasteiger partial charge in [0.1, 0.15) is 5.82 Å². The summed E-state index contributed by atoms with van der Waals surface area (Å²) in [7, 11) is 0. The second-order valence-electron chi connectivity index (χ2n) is 5.08. The quantitative estimate of drug-likeness (QED) is 0.798. The molecule has 2 nitrogen and oxygen atoms in total. The van der Waals surface area contributed by atoms with Gasteiger partial charge in [-0.05, 0) is 37.9 Å². The maximum Gasteiger partial charge on any atom is 0.128 e. The van der Waals surface area contributed by atoms with E-state index in [1.807, 2.05) is 6.07 Å². The molecule has 0 spiro atoms. The molecule has 17 heavy (non-hydrogen) atoms. The van der Waals surface area contributed by atoms with Gasteiger partial charge in [-0.1, -0.05) is 18.2 Å². The number of hydrogen-bond acceptors (Lipinski definition) is 2. The van der Waals surface area contributed by atoms with Crippen LogP contribution in [0.3, 0.4) is 0 Å². The minimum Gasteiger partial charge on any atom is -0.372 e. The lowest BCUT2D eigenvalue weighted by atomic mass is 9.86. The molecule has 1 aromatic rings. The van der Waals surface area contributed by atoms with E-state index in [9.17, 15) is 4.39 Å². The normalized spacial score (nSPS) is 31.7.